The van der Waals surface area contributed by atoms with Gasteiger partial charge in [0.15, 0.2) is 0 Å². The predicted octanol–water partition coefficient (Wildman–Crippen LogP) is 4.96. The topological polar surface area (TPSA) is 15.3 Å². The number of rotatable bonds is 9. The van der Waals surface area contributed by atoms with Crippen LogP contribution in [0.4, 0.5) is 5.69 Å². The van der Waals surface area contributed by atoms with Crippen LogP contribution in [-0.2, 0) is 6.54 Å². The lowest BCUT2D eigenvalue weighted by Gasteiger charge is -2.28. The van der Waals surface area contributed by atoms with Gasteiger partial charge in [-0.3, -0.25) is 0 Å². The molecule has 1 aromatic rings. The number of halogens is 1. The Kier molecular flexibility index (Phi) is 6.56. The van der Waals surface area contributed by atoms with Gasteiger partial charge in [0.1, 0.15) is 0 Å². The van der Waals surface area contributed by atoms with Crippen LogP contribution in [0.1, 0.15) is 52.0 Å². The van der Waals surface area contributed by atoms with E-state index < -0.39 is 0 Å². The molecule has 2 nitrogen and oxygen atoms in total. The molecule has 0 atom stereocenters. The Morgan fingerprint density at radius 1 is 1.24 bits per heavy atom. The molecule has 1 N–H and O–H groups in total. The van der Waals surface area contributed by atoms with E-state index in [-0.39, 0.29) is 0 Å². The molecule has 1 aromatic carbocycles. The number of hydrogen-bond acceptors (Lipinski definition) is 2. The maximum atomic E-state index is 3.78. The van der Waals surface area contributed by atoms with Crippen molar-refractivity contribution in [1.82, 2.24) is 5.32 Å². The number of hydrogen-bond donors (Lipinski definition) is 1. The first-order valence-corrected chi connectivity index (χ1v) is 9.23. The van der Waals surface area contributed by atoms with Gasteiger partial charge in [0.25, 0.3) is 0 Å². The molecule has 3 heteroatoms. The third kappa shape index (κ3) is 5.00. The summed E-state index contributed by atoms with van der Waals surface area (Å²) in [6.07, 6.45) is 5.21. The van der Waals surface area contributed by atoms with E-state index in [2.05, 4.69) is 65.1 Å². The third-order valence-electron chi connectivity index (χ3n) is 4.54. The summed E-state index contributed by atoms with van der Waals surface area (Å²) >= 11 is 3.78. The molecule has 0 saturated heterocycles. The van der Waals surface area contributed by atoms with E-state index >= 15 is 0 Å². The quantitative estimate of drug-likeness (QED) is 0.675. The molecule has 0 aromatic heterocycles. The molecule has 1 fully saturated rings. The van der Waals surface area contributed by atoms with Gasteiger partial charge in [-0.2, -0.15) is 0 Å². The summed E-state index contributed by atoms with van der Waals surface area (Å²) in [5.74, 6) is 0.785. The van der Waals surface area contributed by atoms with Crippen LogP contribution in [0.2, 0.25) is 0 Å². The summed E-state index contributed by atoms with van der Waals surface area (Å²) in [6, 6.07) is 7.59. The Bertz CT molecular complexity index is 439. The zero-order valence-corrected chi connectivity index (χ0v) is 15.2. The molecule has 0 heterocycles. The van der Waals surface area contributed by atoms with E-state index in [9.17, 15) is 0 Å². The first-order chi connectivity index (χ1) is 10.2. The molecule has 2 rings (SSSR count). The average molecular weight is 353 g/mol. The summed E-state index contributed by atoms with van der Waals surface area (Å²) in [5, 5.41) is 3.58. The van der Waals surface area contributed by atoms with Gasteiger partial charge in [0, 0.05) is 30.1 Å². The molecule has 21 heavy (non-hydrogen) atoms. The summed E-state index contributed by atoms with van der Waals surface area (Å²) in [5.41, 5.74) is 2.70. The van der Waals surface area contributed by atoms with Crippen molar-refractivity contribution in [3.05, 3.63) is 28.2 Å². The average Bonchev–Trinajstić information content (AvgIpc) is 3.32. The minimum Gasteiger partial charge on any atom is -0.371 e. The second kappa shape index (κ2) is 8.19. The zero-order valence-electron chi connectivity index (χ0n) is 13.7. The Morgan fingerprint density at radius 3 is 2.48 bits per heavy atom. The van der Waals surface area contributed by atoms with Crippen LogP contribution in [0, 0.1) is 5.92 Å². The summed E-state index contributed by atoms with van der Waals surface area (Å²) in [7, 11) is 0. The van der Waals surface area contributed by atoms with Gasteiger partial charge >= 0.3 is 0 Å². The highest BCUT2D eigenvalue weighted by Crippen LogP contribution is 2.29. The fraction of sp³-hybridized carbons (Fsp3) is 0.667. The SMILES string of the molecule is CCC(CC)CN(CC)c1ccc(CNC2CC2)cc1Br. The summed E-state index contributed by atoms with van der Waals surface area (Å²) in [6.45, 7) is 10.0. The maximum Gasteiger partial charge on any atom is 0.0510 e. The molecular formula is C18H29BrN2. The van der Waals surface area contributed by atoms with Gasteiger partial charge in [-0.1, -0.05) is 32.8 Å². The lowest BCUT2D eigenvalue weighted by atomic mass is 10.0. The lowest BCUT2D eigenvalue weighted by Crippen LogP contribution is -2.29. The fourth-order valence-electron chi connectivity index (χ4n) is 2.72. The molecule has 118 valence electrons. The van der Waals surface area contributed by atoms with Crippen LogP contribution >= 0.6 is 15.9 Å². The molecule has 0 spiro atoms. The Labute approximate surface area is 138 Å². The molecule has 1 aliphatic carbocycles. The van der Waals surface area contributed by atoms with Crippen molar-refractivity contribution in [3.8, 4) is 0 Å². The lowest BCUT2D eigenvalue weighted by molar-refractivity contribution is 0.486. The van der Waals surface area contributed by atoms with Gasteiger partial charge in [0.05, 0.1) is 5.69 Å². The summed E-state index contributed by atoms with van der Waals surface area (Å²) < 4.78 is 1.23. The minimum absolute atomic E-state index is 0.769. The first kappa shape index (κ1) is 16.8. The molecule has 0 aliphatic heterocycles. The van der Waals surface area contributed by atoms with Crippen LogP contribution in [0.25, 0.3) is 0 Å². The molecular weight excluding hydrogens is 324 g/mol. The zero-order chi connectivity index (χ0) is 15.2. The van der Waals surface area contributed by atoms with Crippen molar-refractivity contribution in [2.45, 2.75) is 59.0 Å². The monoisotopic (exact) mass is 352 g/mol. The van der Waals surface area contributed by atoms with Crippen LogP contribution in [-0.4, -0.2) is 19.1 Å². The van der Waals surface area contributed by atoms with Gasteiger partial charge in [0.2, 0.25) is 0 Å². The molecule has 0 bridgehead atoms. The van der Waals surface area contributed by atoms with E-state index in [1.54, 1.807) is 0 Å². The predicted molar refractivity (Wildman–Crippen MR) is 96.0 cm³/mol. The Balaban J connectivity index is 2.02. The van der Waals surface area contributed by atoms with E-state index in [1.807, 2.05) is 0 Å². The van der Waals surface area contributed by atoms with Crippen molar-refractivity contribution in [1.29, 1.82) is 0 Å². The van der Waals surface area contributed by atoms with Crippen molar-refractivity contribution in [2.75, 3.05) is 18.0 Å². The number of anilines is 1. The Hall–Kier alpha value is -0.540. The normalized spacial score (nSPS) is 14.7. The van der Waals surface area contributed by atoms with Gasteiger partial charge in [-0.25, -0.2) is 0 Å². The molecule has 1 saturated carbocycles. The second-order valence-electron chi connectivity index (χ2n) is 6.16. The van der Waals surface area contributed by atoms with Gasteiger partial charge in [-0.15, -0.1) is 0 Å². The van der Waals surface area contributed by atoms with Crippen molar-refractivity contribution in [2.24, 2.45) is 5.92 Å². The standard InChI is InChI=1S/C18H29BrN2/c1-4-14(5-2)13-21(6-3)18-10-7-15(11-17(18)19)12-20-16-8-9-16/h7,10-11,14,16,20H,4-6,8-9,12-13H2,1-3H3. The number of benzene rings is 1. The van der Waals surface area contributed by atoms with E-state index in [4.69, 9.17) is 0 Å². The largest absolute Gasteiger partial charge is 0.371 e. The van der Waals surface area contributed by atoms with E-state index in [0.29, 0.717) is 0 Å². The second-order valence-corrected chi connectivity index (χ2v) is 7.02. The van der Waals surface area contributed by atoms with Crippen LogP contribution in [0.3, 0.4) is 0 Å². The molecule has 0 amide bonds. The highest BCUT2D eigenvalue weighted by molar-refractivity contribution is 9.10. The van der Waals surface area contributed by atoms with Crippen molar-refractivity contribution >= 4 is 21.6 Å². The highest BCUT2D eigenvalue weighted by Gasteiger charge is 2.20. The summed E-state index contributed by atoms with van der Waals surface area (Å²) in [4.78, 5) is 2.50. The van der Waals surface area contributed by atoms with Crippen LogP contribution < -0.4 is 10.2 Å². The first-order valence-electron chi connectivity index (χ1n) is 8.44. The smallest absolute Gasteiger partial charge is 0.0510 e. The number of nitrogens with zero attached hydrogens (tertiary/aromatic N) is 1. The van der Waals surface area contributed by atoms with Crippen LogP contribution in [0.5, 0.6) is 0 Å². The van der Waals surface area contributed by atoms with E-state index in [0.717, 1.165) is 31.6 Å². The maximum absolute atomic E-state index is 3.78. The Morgan fingerprint density at radius 2 is 1.95 bits per heavy atom. The molecule has 1 aliphatic rings. The minimum atomic E-state index is 0.769. The van der Waals surface area contributed by atoms with Gasteiger partial charge in [-0.05, 0) is 59.3 Å². The molecule has 0 radical (unpaired) electrons. The number of nitrogens with one attached hydrogen (secondary N) is 1. The fourth-order valence-corrected chi connectivity index (χ4v) is 3.40. The van der Waals surface area contributed by atoms with E-state index in [1.165, 1.54) is 41.4 Å². The van der Waals surface area contributed by atoms with Crippen molar-refractivity contribution < 1.29 is 0 Å². The van der Waals surface area contributed by atoms with Gasteiger partial charge < -0.3 is 10.2 Å². The highest BCUT2D eigenvalue weighted by atomic mass is 79.9. The van der Waals surface area contributed by atoms with Crippen LogP contribution in [0.15, 0.2) is 22.7 Å². The third-order valence-corrected chi connectivity index (χ3v) is 5.18. The van der Waals surface area contributed by atoms with Crippen molar-refractivity contribution in [3.63, 3.8) is 0 Å². The molecule has 0 unspecified atom stereocenters.